The van der Waals surface area contributed by atoms with E-state index in [4.69, 9.17) is 11.6 Å². The molecule has 2 heterocycles. The number of fused-ring (bicyclic) bond motifs is 3. The van der Waals surface area contributed by atoms with E-state index in [1.807, 2.05) is 59.5 Å². The maximum absolute atomic E-state index is 13.6. The maximum atomic E-state index is 13.6. The van der Waals surface area contributed by atoms with Crippen molar-refractivity contribution in [1.29, 1.82) is 0 Å². The van der Waals surface area contributed by atoms with E-state index >= 15 is 0 Å². The molecule has 1 aliphatic rings. The standard InChI is InChI=1S/C31H23ClN2O2S/c32-30-25-10-4-6-12-27(25)37-28(30)18-29(35)33-24-15-13-20(14-16-24)31(36)34-19-23-9-2-1-7-21(23)17-22-8-3-5-11-26(22)34/h1-16H,17-19H2,(H,33,35). The van der Waals surface area contributed by atoms with E-state index in [0.717, 1.165) is 38.2 Å². The lowest BCUT2D eigenvalue weighted by Crippen LogP contribution is -2.30. The first-order valence-corrected chi connectivity index (χ1v) is 13.3. The molecule has 1 aromatic heterocycles. The van der Waals surface area contributed by atoms with Gasteiger partial charge in [0.15, 0.2) is 0 Å². The number of anilines is 2. The van der Waals surface area contributed by atoms with Crippen LogP contribution in [0.3, 0.4) is 0 Å². The molecule has 1 aliphatic heterocycles. The molecule has 0 aliphatic carbocycles. The molecule has 0 radical (unpaired) electrons. The van der Waals surface area contributed by atoms with Gasteiger partial charge in [-0.05, 0) is 59.5 Å². The van der Waals surface area contributed by atoms with E-state index < -0.39 is 0 Å². The normalized spacial score (nSPS) is 12.5. The Balaban J connectivity index is 1.20. The Morgan fingerprint density at radius 2 is 1.49 bits per heavy atom. The Labute approximate surface area is 224 Å². The smallest absolute Gasteiger partial charge is 0.258 e. The number of benzene rings is 4. The van der Waals surface area contributed by atoms with E-state index in [9.17, 15) is 9.59 Å². The largest absolute Gasteiger partial charge is 0.326 e. The average molecular weight is 523 g/mol. The van der Waals surface area contributed by atoms with Gasteiger partial charge in [-0.15, -0.1) is 11.3 Å². The summed E-state index contributed by atoms with van der Waals surface area (Å²) in [4.78, 5) is 29.1. The molecule has 0 bridgehead atoms. The predicted molar refractivity (Wildman–Crippen MR) is 152 cm³/mol. The van der Waals surface area contributed by atoms with Crippen LogP contribution in [0.15, 0.2) is 97.1 Å². The SMILES string of the molecule is O=C(Cc1sc2ccccc2c1Cl)Nc1ccc(C(=O)N2Cc3ccccc3Cc3ccccc32)cc1. The topological polar surface area (TPSA) is 49.4 Å². The van der Waals surface area contributed by atoms with Crippen LogP contribution in [-0.4, -0.2) is 11.8 Å². The molecule has 0 saturated carbocycles. The first kappa shape index (κ1) is 23.5. The summed E-state index contributed by atoms with van der Waals surface area (Å²) in [5.41, 5.74) is 5.66. The van der Waals surface area contributed by atoms with Crippen LogP contribution in [0.2, 0.25) is 5.02 Å². The Hall–Kier alpha value is -3.93. The van der Waals surface area contributed by atoms with Crippen LogP contribution in [-0.2, 0) is 24.2 Å². The summed E-state index contributed by atoms with van der Waals surface area (Å²) in [5.74, 6) is -0.218. The van der Waals surface area contributed by atoms with Gasteiger partial charge < -0.3 is 10.2 Å². The lowest BCUT2D eigenvalue weighted by atomic mass is 10.0. The first-order valence-electron chi connectivity index (χ1n) is 12.1. The fraction of sp³-hybridized carbons (Fsp3) is 0.0968. The lowest BCUT2D eigenvalue weighted by molar-refractivity contribution is -0.115. The van der Waals surface area contributed by atoms with Gasteiger partial charge in [-0.25, -0.2) is 0 Å². The molecule has 0 fully saturated rings. The lowest BCUT2D eigenvalue weighted by Gasteiger charge is -2.23. The van der Waals surface area contributed by atoms with E-state index in [2.05, 4.69) is 23.5 Å². The van der Waals surface area contributed by atoms with Crippen molar-refractivity contribution in [3.63, 3.8) is 0 Å². The molecule has 2 amide bonds. The molecule has 5 aromatic rings. The van der Waals surface area contributed by atoms with E-state index in [1.54, 1.807) is 24.3 Å². The molecule has 0 saturated heterocycles. The zero-order chi connectivity index (χ0) is 25.4. The van der Waals surface area contributed by atoms with Gasteiger partial charge in [-0.1, -0.05) is 72.3 Å². The number of para-hydroxylation sites is 1. The number of halogens is 1. The van der Waals surface area contributed by atoms with Gasteiger partial charge in [0.1, 0.15) is 0 Å². The third-order valence-corrected chi connectivity index (χ3v) is 8.41. The maximum Gasteiger partial charge on any atom is 0.258 e. The van der Waals surface area contributed by atoms with E-state index in [0.29, 0.717) is 22.8 Å². The van der Waals surface area contributed by atoms with Crippen LogP contribution in [0.5, 0.6) is 0 Å². The van der Waals surface area contributed by atoms with Gasteiger partial charge in [0.05, 0.1) is 18.0 Å². The molecular formula is C31H23ClN2O2S. The van der Waals surface area contributed by atoms with Gasteiger partial charge in [-0.2, -0.15) is 0 Å². The Bertz CT molecular complexity index is 1640. The molecule has 6 rings (SSSR count). The van der Waals surface area contributed by atoms with Crippen molar-refractivity contribution in [2.45, 2.75) is 19.4 Å². The molecular weight excluding hydrogens is 500 g/mol. The van der Waals surface area contributed by atoms with Crippen LogP contribution in [0.4, 0.5) is 11.4 Å². The number of hydrogen-bond acceptors (Lipinski definition) is 3. The van der Waals surface area contributed by atoms with E-state index in [1.165, 1.54) is 16.9 Å². The second-order valence-corrected chi connectivity index (χ2v) is 10.6. The molecule has 0 atom stereocenters. The summed E-state index contributed by atoms with van der Waals surface area (Å²) >= 11 is 8.03. The summed E-state index contributed by atoms with van der Waals surface area (Å²) in [5, 5.41) is 4.54. The highest BCUT2D eigenvalue weighted by Crippen LogP contribution is 2.36. The number of amides is 2. The summed E-state index contributed by atoms with van der Waals surface area (Å²) < 4.78 is 1.07. The Morgan fingerprint density at radius 1 is 0.811 bits per heavy atom. The van der Waals surface area contributed by atoms with Gasteiger partial charge in [-0.3, -0.25) is 9.59 Å². The Morgan fingerprint density at radius 3 is 2.27 bits per heavy atom. The average Bonchev–Trinajstić information content (AvgIpc) is 3.12. The van der Waals surface area contributed by atoms with Gasteiger partial charge >= 0.3 is 0 Å². The minimum atomic E-state index is -0.148. The van der Waals surface area contributed by atoms with Crippen LogP contribution in [0, 0.1) is 0 Å². The van der Waals surface area contributed by atoms with Crippen LogP contribution < -0.4 is 10.2 Å². The van der Waals surface area contributed by atoms with Gasteiger partial charge in [0.2, 0.25) is 5.91 Å². The van der Waals surface area contributed by atoms with E-state index in [-0.39, 0.29) is 18.2 Å². The van der Waals surface area contributed by atoms with Crippen molar-refractivity contribution >= 4 is 56.2 Å². The fourth-order valence-corrected chi connectivity index (χ4v) is 6.33. The zero-order valence-corrected chi connectivity index (χ0v) is 21.5. The Kier molecular flexibility index (Phi) is 6.25. The third-order valence-electron chi connectivity index (χ3n) is 6.69. The summed E-state index contributed by atoms with van der Waals surface area (Å²) in [6, 6.07) is 31.3. The van der Waals surface area contributed by atoms with Crippen LogP contribution >= 0.6 is 22.9 Å². The van der Waals surface area contributed by atoms with Crippen molar-refractivity contribution in [2.75, 3.05) is 10.2 Å². The fourth-order valence-electron chi connectivity index (χ4n) is 4.83. The number of thiophene rings is 1. The number of carbonyl (C=O) groups is 2. The zero-order valence-electron chi connectivity index (χ0n) is 19.9. The monoisotopic (exact) mass is 522 g/mol. The molecule has 4 nitrogen and oxygen atoms in total. The summed E-state index contributed by atoms with van der Waals surface area (Å²) in [6.45, 7) is 0.514. The van der Waals surface area contributed by atoms with Crippen molar-refractivity contribution in [2.24, 2.45) is 0 Å². The minimum Gasteiger partial charge on any atom is -0.326 e. The molecule has 182 valence electrons. The highest BCUT2D eigenvalue weighted by molar-refractivity contribution is 7.19. The first-order chi connectivity index (χ1) is 18.1. The number of nitrogens with zero attached hydrogens (tertiary/aromatic N) is 1. The van der Waals surface area contributed by atoms with Crippen molar-refractivity contribution in [3.05, 3.63) is 129 Å². The van der Waals surface area contributed by atoms with Crippen molar-refractivity contribution < 1.29 is 9.59 Å². The quantitative estimate of drug-likeness (QED) is 0.266. The molecule has 0 unspecified atom stereocenters. The second-order valence-electron chi connectivity index (χ2n) is 9.10. The molecule has 6 heteroatoms. The third kappa shape index (κ3) is 4.64. The van der Waals surface area contributed by atoms with Crippen LogP contribution in [0.25, 0.3) is 10.1 Å². The number of nitrogens with one attached hydrogen (secondary N) is 1. The molecule has 4 aromatic carbocycles. The molecule has 1 N–H and O–H groups in total. The van der Waals surface area contributed by atoms with Crippen molar-refractivity contribution in [3.8, 4) is 0 Å². The highest BCUT2D eigenvalue weighted by atomic mass is 35.5. The second kappa shape index (κ2) is 9.85. The van der Waals surface area contributed by atoms with Crippen molar-refractivity contribution in [1.82, 2.24) is 0 Å². The summed E-state index contributed by atoms with van der Waals surface area (Å²) in [6.07, 6.45) is 0.994. The number of carbonyl (C=O) groups excluding carboxylic acids is 2. The van der Waals surface area contributed by atoms with Crippen LogP contribution in [0.1, 0.15) is 31.9 Å². The van der Waals surface area contributed by atoms with Gasteiger partial charge in [0, 0.05) is 31.9 Å². The highest BCUT2D eigenvalue weighted by Gasteiger charge is 2.24. The molecule has 37 heavy (non-hydrogen) atoms. The summed E-state index contributed by atoms with van der Waals surface area (Å²) in [7, 11) is 0. The van der Waals surface area contributed by atoms with Gasteiger partial charge in [0.25, 0.3) is 5.91 Å². The minimum absolute atomic E-state index is 0.0703. The predicted octanol–water partition coefficient (Wildman–Crippen LogP) is 7.49. The number of hydrogen-bond donors (Lipinski definition) is 1. The number of rotatable bonds is 4. The molecule has 0 spiro atoms.